The molecule has 5 heterocycles. The Morgan fingerprint density at radius 1 is 1.26 bits per heavy atom. The van der Waals surface area contributed by atoms with Crippen LogP contribution < -0.4 is 20.7 Å². The number of pyridine rings is 1. The number of carbonyl (C=O) groups is 1. The minimum Gasteiger partial charge on any atom is -0.456 e. The van der Waals surface area contributed by atoms with Crippen molar-refractivity contribution in [3.05, 3.63) is 52.7 Å². The molecule has 3 aromatic heterocycles. The zero-order chi connectivity index (χ0) is 26.1. The van der Waals surface area contributed by atoms with Crippen LogP contribution in [0.1, 0.15) is 33.8 Å². The summed E-state index contributed by atoms with van der Waals surface area (Å²) in [6.45, 7) is 5.88. The fourth-order valence-corrected chi connectivity index (χ4v) is 6.41. The summed E-state index contributed by atoms with van der Waals surface area (Å²) in [7, 11) is 2.53. The van der Waals surface area contributed by atoms with Crippen molar-refractivity contribution in [3.8, 4) is 11.5 Å². The van der Waals surface area contributed by atoms with E-state index in [1.807, 2.05) is 22.7 Å². The van der Waals surface area contributed by atoms with Gasteiger partial charge in [0.05, 0.1) is 5.69 Å². The molecule has 1 fully saturated rings. The Labute approximate surface area is 227 Å². The number of nitrogens with one attached hydrogen (secondary N) is 3. The Morgan fingerprint density at radius 3 is 2.92 bits per heavy atom. The van der Waals surface area contributed by atoms with Crippen molar-refractivity contribution in [3.63, 3.8) is 0 Å². The van der Waals surface area contributed by atoms with Crippen molar-refractivity contribution in [2.24, 2.45) is 0 Å². The highest BCUT2D eigenvalue weighted by Gasteiger charge is 2.22. The number of fused-ring (bicyclic) bond motifs is 2. The van der Waals surface area contributed by atoms with Crippen molar-refractivity contribution in [2.75, 3.05) is 44.0 Å². The number of thiazole rings is 1. The lowest BCUT2D eigenvalue weighted by molar-refractivity contribution is 0.102. The number of carbonyl (C=O) groups excluding carboxylic acids is 1. The Hall–Kier alpha value is -3.11. The van der Waals surface area contributed by atoms with Crippen LogP contribution in [0.4, 0.5) is 10.9 Å². The van der Waals surface area contributed by atoms with Crippen LogP contribution in [0.5, 0.6) is 11.5 Å². The number of aromatic nitrogens is 4. The van der Waals surface area contributed by atoms with Crippen LogP contribution in [0.3, 0.4) is 0 Å². The van der Waals surface area contributed by atoms with Crippen molar-refractivity contribution >= 4 is 48.0 Å². The second kappa shape index (κ2) is 10.9. The first-order chi connectivity index (χ1) is 18.6. The van der Waals surface area contributed by atoms with Crippen molar-refractivity contribution < 1.29 is 9.53 Å². The summed E-state index contributed by atoms with van der Waals surface area (Å²) in [5, 5.41) is 16.3. The highest BCUT2D eigenvalue weighted by molar-refractivity contribution is 7.35. The van der Waals surface area contributed by atoms with Crippen LogP contribution in [0.2, 0.25) is 0 Å². The van der Waals surface area contributed by atoms with Crippen LogP contribution in [-0.4, -0.2) is 69.7 Å². The molecule has 3 N–H and O–H groups in total. The smallest absolute Gasteiger partial charge is 0.257 e. The van der Waals surface area contributed by atoms with Crippen molar-refractivity contribution in [1.82, 2.24) is 29.7 Å². The van der Waals surface area contributed by atoms with Gasteiger partial charge in [-0.3, -0.25) is 10.1 Å². The van der Waals surface area contributed by atoms with E-state index < -0.39 is 0 Å². The largest absolute Gasteiger partial charge is 0.456 e. The van der Waals surface area contributed by atoms with E-state index >= 15 is 0 Å². The summed E-state index contributed by atoms with van der Waals surface area (Å²) in [4.78, 5) is 25.6. The third-order valence-electron chi connectivity index (χ3n) is 6.86. The van der Waals surface area contributed by atoms with Crippen molar-refractivity contribution in [1.29, 1.82) is 0 Å². The fourth-order valence-electron chi connectivity index (χ4n) is 4.88. The fraction of sp³-hybridized carbons (Fsp3) is 0.385. The zero-order valence-electron chi connectivity index (χ0n) is 21.5. The van der Waals surface area contributed by atoms with E-state index in [-0.39, 0.29) is 5.91 Å². The molecular formula is C26H31N8O2PS. The lowest BCUT2D eigenvalue weighted by Gasteiger charge is -2.23. The van der Waals surface area contributed by atoms with Gasteiger partial charge in [-0.25, -0.2) is 14.4 Å². The average molecular weight is 551 g/mol. The summed E-state index contributed by atoms with van der Waals surface area (Å²) in [6, 6.07) is 9.34. The van der Waals surface area contributed by atoms with Gasteiger partial charge in [-0.05, 0) is 63.8 Å². The molecule has 12 heteroatoms. The van der Waals surface area contributed by atoms with Gasteiger partial charge in [0.1, 0.15) is 16.9 Å². The number of benzene rings is 1. The molecule has 0 radical (unpaired) electrons. The van der Waals surface area contributed by atoms with Gasteiger partial charge < -0.3 is 20.3 Å². The average Bonchev–Trinajstić information content (AvgIpc) is 3.50. The van der Waals surface area contributed by atoms with Crippen LogP contribution in [0, 0.1) is 0 Å². The normalized spacial score (nSPS) is 18.1. The number of rotatable bonds is 7. The predicted octanol–water partition coefficient (Wildman–Crippen LogP) is 4.16. The van der Waals surface area contributed by atoms with Gasteiger partial charge in [0, 0.05) is 57.1 Å². The van der Waals surface area contributed by atoms with Gasteiger partial charge in [0.25, 0.3) is 5.91 Å². The molecule has 2 atom stereocenters. The molecule has 38 heavy (non-hydrogen) atoms. The van der Waals surface area contributed by atoms with E-state index in [0.29, 0.717) is 37.0 Å². The molecule has 2 aliphatic rings. The summed E-state index contributed by atoms with van der Waals surface area (Å²) in [5.74, 6) is 1.93. The topological polar surface area (TPSA) is 109 Å². The Bertz CT molecular complexity index is 1450. The van der Waals surface area contributed by atoms with E-state index in [9.17, 15) is 4.79 Å². The molecule has 198 valence electrons. The highest BCUT2D eigenvalue weighted by Crippen LogP contribution is 2.36. The quantitative estimate of drug-likeness (QED) is 0.295. The summed E-state index contributed by atoms with van der Waals surface area (Å²) >= 11 is 1.57. The summed E-state index contributed by atoms with van der Waals surface area (Å²) in [5.41, 5.74) is 2.41. The van der Waals surface area contributed by atoms with E-state index in [1.165, 1.54) is 4.88 Å². The van der Waals surface area contributed by atoms with E-state index in [0.717, 1.165) is 68.0 Å². The van der Waals surface area contributed by atoms with E-state index in [1.54, 1.807) is 29.7 Å². The predicted molar refractivity (Wildman–Crippen MR) is 153 cm³/mol. The molecule has 1 amide bonds. The van der Waals surface area contributed by atoms with Crippen molar-refractivity contribution in [2.45, 2.75) is 31.8 Å². The maximum atomic E-state index is 12.9. The molecule has 1 saturated heterocycles. The second-order valence-corrected chi connectivity index (χ2v) is 11.6. The molecule has 4 aromatic rings. The van der Waals surface area contributed by atoms with Gasteiger partial charge in [-0.15, -0.1) is 16.4 Å². The van der Waals surface area contributed by atoms with Gasteiger partial charge >= 0.3 is 0 Å². The third kappa shape index (κ3) is 5.24. The minimum atomic E-state index is -0.180. The molecule has 0 spiro atoms. The Kier molecular flexibility index (Phi) is 7.25. The van der Waals surface area contributed by atoms with Gasteiger partial charge in [-0.2, -0.15) is 0 Å². The Morgan fingerprint density at radius 2 is 2.13 bits per heavy atom. The number of anilines is 2. The maximum absolute atomic E-state index is 12.9. The molecule has 0 bridgehead atoms. The van der Waals surface area contributed by atoms with Gasteiger partial charge in [-0.1, -0.05) is 0 Å². The summed E-state index contributed by atoms with van der Waals surface area (Å²) < 4.78 is 8.22. The first-order valence-electron chi connectivity index (χ1n) is 12.9. The number of ether oxygens (including phenoxy) is 1. The number of amides is 1. The first kappa shape index (κ1) is 25.2. The van der Waals surface area contributed by atoms with Crippen LogP contribution in [0.25, 0.3) is 11.0 Å². The Balaban J connectivity index is 1.19. The number of likely N-dealkylation sites (N-methyl/N-ethyl adjacent to an activating group) is 1. The maximum Gasteiger partial charge on any atom is 0.257 e. The molecule has 6 rings (SSSR count). The summed E-state index contributed by atoms with van der Waals surface area (Å²) in [6.07, 6.45) is 4.95. The molecule has 10 nitrogen and oxygen atoms in total. The number of nitrogens with zero attached hydrogens (tertiary/aromatic N) is 5. The highest BCUT2D eigenvalue weighted by atomic mass is 32.1. The van der Waals surface area contributed by atoms with Crippen LogP contribution in [0.15, 0.2) is 36.5 Å². The molecule has 2 aliphatic heterocycles. The van der Waals surface area contributed by atoms with Crippen LogP contribution >= 0.6 is 20.1 Å². The molecule has 0 saturated carbocycles. The third-order valence-corrected chi connectivity index (χ3v) is 8.67. The monoisotopic (exact) mass is 550 g/mol. The molecule has 1 aromatic carbocycles. The number of hydrogen-bond acceptors (Lipinski definition) is 9. The van der Waals surface area contributed by atoms with Gasteiger partial charge in [0.15, 0.2) is 16.6 Å². The zero-order valence-corrected chi connectivity index (χ0v) is 23.3. The van der Waals surface area contributed by atoms with E-state index in [2.05, 4.69) is 44.5 Å². The first-order valence-corrected chi connectivity index (χ1v) is 15.1. The lowest BCUT2D eigenvalue weighted by Crippen LogP contribution is -2.38. The number of piperidine rings is 1. The van der Waals surface area contributed by atoms with Crippen LogP contribution in [-0.2, 0) is 13.0 Å². The van der Waals surface area contributed by atoms with E-state index in [4.69, 9.17) is 9.84 Å². The standard InChI is InChI=1S/C26H31N8O2PS/c1-33-13-10-21-19(15-33)30-26(38-21)31-25(35)16-5-7-18(8-6-16)36-20-9-12-28-24-22(20)23(32-34(24)37-2)29-17-4-3-11-27-14-17/h5-9,12,17,27,37H,3-4,10-11,13-15H2,1-2H3,(H,29,32)(H,30,31,35)/t17-/m1/s1. The molecule has 1 unspecified atom stereocenters. The van der Waals surface area contributed by atoms with Gasteiger partial charge in [0.2, 0.25) is 0 Å². The molecule has 0 aliphatic carbocycles. The number of hydrogen-bond donors (Lipinski definition) is 3. The second-order valence-electron chi connectivity index (χ2n) is 9.64. The lowest BCUT2D eigenvalue weighted by atomic mass is 10.1. The minimum absolute atomic E-state index is 0.180. The molecular weight excluding hydrogens is 519 g/mol. The SMILES string of the molecule is CPn1nc(N[C@@H]2CCCNC2)c2c(Oc3ccc(C(=O)Nc4nc5c(s4)CCN(C)C5)cc3)ccnc21.